The molecule has 7 nitrogen and oxygen atoms in total. The van der Waals surface area contributed by atoms with Gasteiger partial charge in [0.15, 0.2) is 5.82 Å². The number of ether oxygens (including phenoxy) is 1. The average molecular weight is 347 g/mol. The van der Waals surface area contributed by atoms with Gasteiger partial charge in [0.25, 0.3) is 0 Å². The summed E-state index contributed by atoms with van der Waals surface area (Å²) in [6, 6.07) is 0.201. The zero-order valence-corrected chi connectivity index (χ0v) is 15.5. The summed E-state index contributed by atoms with van der Waals surface area (Å²) in [5, 5.41) is 3.03. The zero-order chi connectivity index (χ0) is 17.8. The Hall–Kier alpha value is -1.73. The van der Waals surface area contributed by atoms with E-state index in [0.29, 0.717) is 13.2 Å². The average Bonchev–Trinajstić information content (AvgIpc) is 2.95. The minimum absolute atomic E-state index is 0.0343. The molecule has 1 aromatic heterocycles. The third-order valence-corrected chi connectivity index (χ3v) is 4.92. The molecule has 1 fully saturated rings. The van der Waals surface area contributed by atoms with Crippen LogP contribution >= 0.6 is 0 Å². The van der Waals surface area contributed by atoms with Crippen molar-refractivity contribution in [3.63, 3.8) is 0 Å². The number of likely N-dealkylation sites (N-methyl/N-ethyl adjacent to an activating group) is 1. The molecule has 1 amide bonds. The molecule has 138 valence electrons. The van der Waals surface area contributed by atoms with Crippen molar-refractivity contribution in [2.24, 2.45) is 0 Å². The molecule has 0 spiro atoms. The second-order valence-electron chi connectivity index (χ2n) is 6.96. The monoisotopic (exact) mass is 347 g/mol. The summed E-state index contributed by atoms with van der Waals surface area (Å²) in [6.45, 7) is 8.45. The van der Waals surface area contributed by atoms with Crippen LogP contribution < -0.4 is 10.2 Å². The van der Waals surface area contributed by atoms with Crippen LogP contribution in [0.2, 0.25) is 0 Å². The molecule has 1 saturated heterocycles. The van der Waals surface area contributed by atoms with Gasteiger partial charge in [0, 0.05) is 57.7 Å². The third-order valence-electron chi connectivity index (χ3n) is 4.92. The predicted molar refractivity (Wildman–Crippen MR) is 96.7 cm³/mol. The van der Waals surface area contributed by atoms with E-state index in [1.54, 1.807) is 6.92 Å². The van der Waals surface area contributed by atoms with Crippen LogP contribution in [0.15, 0.2) is 0 Å². The fourth-order valence-electron chi connectivity index (χ4n) is 3.62. The minimum Gasteiger partial charge on any atom is -0.374 e. The maximum Gasteiger partial charge on any atom is 0.217 e. The summed E-state index contributed by atoms with van der Waals surface area (Å²) < 4.78 is 5.54. The minimum atomic E-state index is 0.0343. The van der Waals surface area contributed by atoms with Gasteiger partial charge in [-0.3, -0.25) is 4.79 Å². The Morgan fingerprint density at radius 2 is 2.08 bits per heavy atom. The van der Waals surface area contributed by atoms with Crippen LogP contribution in [0.1, 0.15) is 37.4 Å². The first-order valence-corrected chi connectivity index (χ1v) is 9.23. The van der Waals surface area contributed by atoms with E-state index < -0.39 is 0 Å². The van der Waals surface area contributed by atoms with Crippen LogP contribution in [0.5, 0.6) is 0 Å². The predicted octanol–water partition coefficient (Wildman–Crippen LogP) is 0.758. The van der Waals surface area contributed by atoms with E-state index in [0.717, 1.165) is 62.8 Å². The Kier molecular flexibility index (Phi) is 5.86. The molecule has 0 saturated carbocycles. The number of hydrogen-bond acceptors (Lipinski definition) is 6. The molecule has 7 heteroatoms. The summed E-state index contributed by atoms with van der Waals surface area (Å²) in [6.07, 6.45) is 2.87. The van der Waals surface area contributed by atoms with Crippen molar-refractivity contribution >= 4 is 11.7 Å². The lowest BCUT2D eigenvalue weighted by Crippen LogP contribution is -2.36. The Labute approximate surface area is 149 Å². The molecule has 25 heavy (non-hydrogen) atoms. The number of rotatable bonds is 5. The van der Waals surface area contributed by atoms with Crippen LogP contribution in [0, 0.1) is 0 Å². The summed E-state index contributed by atoms with van der Waals surface area (Å²) in [5.74, 6) is 1.85. The van der Waals surface area contributed by atoms with E-state index in [1.807, 2.05) is 6.92 Å². The molecule has 2 aliphatic rings. The van der Waals surface area contributed by atoms with Gasteiger partial charge in [0.05, 0.1) is 5.69 Å². The Morgan fingerprint density at radius 1 is 1.28 bits per heavy atom. The van der Waals surface area contributed by atoms with Gasteiger partial charge in [-0.2, -0.15) is 0 Å². The lowest BCUT2D eigenvalue weighted by atomic mass is 10.1. The largest absolute Gasteiger partial charge is 0.374 e. The molecule has 0 aromatic carbocycles. The van der Waals surface area contributed by atoms with E-state index in [4.69, 9.17) is 14.7 Å². The molecule has 1 unspecified atom stereocenters. The Morgan fingerprint density at radius 3 is 2.84 bits per heavy atom. The number of nitrogens with one attached hydrogen (secondary N) is 1. The van der Waals surface area contributed by atoms with Gasteiger partial charge < -0.3 is 19.9 Å². The van der Waals surface area contributed by atoms with E-state index in [1.165, 1.54) is 5.56 Å². The zero-order valence-electron chi connectivity index (χ0n) is 15.5. The number of nitrogens with zero attached hydrogens (tertiary/aromatic N) is 4. The molecule has 1 N–H and O–H groups in total. The SMILES string of the molecule is CCOCc1nc2c(c(N3CCC(NC(C)=O)C3)n1)CCN(C)CC2. The quantitative estimate of drug-likeness (QED) is 0.848. The van der Waals surface area contributed by atoms with Gasteiger partial charge in [0.1, 0.15) is 12.4 Å². The topological polar surface area (TPSA) is 70.6 Å². The summed E-state index contributed by atoms with van der Waals surface area (Å²) in [4.78, 5) is 25.6. The lowest BCUT2D eigenvalue weighted by Gasteiger charge is -2.23. The first-order valence-electron chi connectivity index (χ1n) is 9.23. The van der Waals surface area contributed by atoms with Crippen LogP contribution in [-0.4, -0.2) is 66.7 Å². The van der Waals surface area contributed by atoms with E-state index in [9.17, 15) is 4.79 Å². The highest BCUT2D eigenvalue weighted by atomic mass is 16.5. The van der Waals surface area contributed by atoms with Gasteiger partial charge in [-0.1, -0.05) is 0 Å². The van der Waals surface area contributed by atoms with Crippen molar-refractivity contribution in [3.05, 3.63) is 17.1 Å². The number of anilines is 1. The first-order chi connectivity index (χ1) is 12.1. The molecule has 1 atom stereocenters. The van der Waals surface area contributed by atoms with Crippen LogP contribution in [0.4, 0.5) is 5.82 Å². The van der Waals surface area contributed by atoms with Crippen molar-refractivity contribution < 1.29 is 9.53 Å². The van der Waals surface area contributed by atoms with E-state index in [2.05, 4.69) is 22.2 Å². The first kappa shape index (κ1) is 18.1. The number of aromatic nitrogens is 2. The second-order valence-corrected chi connectivity index (χ2v) is 6.96. The van der Waals surface area contributed by atoms with Crippen molar-refractivity contribution in [3.8, 4) is 0 Å². The molecule has 0 bridgehead atoms. The van der Waals surface area contributed by atoms with Gasteiger partial charge in [-0.05, 0) is 26.8 Å². The molecular weight excluding hydrogens is 318 g/mol. The fourth-order valence-corrected chi connectivity index (χ4v) is 3.62. The standard InChI is InChI=1S/C18H29N5O2/c1-4-25-12-17-20-16-7-9-22(3)8-6-15(16)18(21-17)23-10-5-14(11-23)19-13(2)24/h14H,4-12H2,1-3H3,(H,19,24). The van der Waals surface area contributed by atoms with Crippen LogP contribution in [-0.2, 0) is 29.0 Å². The number of carbonyl (C=O) groups excluding carboxylic acids is 1. The molecule has 3 heterocycles. The van der Waals surface area contributed by atoms with E-state index in [-0.39, 0.29) is 11.9 Å². The molecule has 0 aliphatic carbocycles. The lowest BCUT2D eigenvalue weighted by molar-refractivity contribution is -0.119. The number of carbonyl (C=O) groups is 1. The summed E-state index contributed by atoms with van der Waals surface area (Å²) in [5.41, 5.74) is 2.43. The number of hydrogen-bond donors (Lipinski definition) is 1. The van der Waals surface area contributed by atoms with Crippen molar-refractivity contribution in [2.45, 2.75) is 45.8 Å². The highest BCUT2D eigenvalue weighted by molar-refractivity contribution is 5.73. The van der Waals surface area contributed by atoms with E-state index >= 15 is 0 Å². The van der Waals surface area contributed by atoms with Gasteiger partial charge in [-0.25, -0.2) is 9.97 Å². The normalized spacial score (nSPS) is 21.1. The van der Waals surface area contributed by atoms with Gasteiger partial charge in [-0.15, -0.1) is 0 Å². The molecule has 0 radical (unpaired) electrons. The Bertz CT molecular complexity index is 622. The van der Waals surface area contributed by atoms with Crippen molar-refractivity contribution in [1.82, 2.24) is 20.2 Å². The number of fused-ring (bicyclic) bond motifs is 1. The van der Waals surface area contributed by atoms with Crippen molar-refractivity contribution in [1.29, 1.82) is 0 Å². The van der Waals surface area contributed by atoms with Crippen molar-refractivity contribution in [2.75, 3.05) is 44.7 Å². The van der Waals surface area contributed by atoms with Crippen LogP contribution in [0.25, 0.3) is 0 Å². The highest BCUT2D eigenvalue weighted by Gasteiger charge is 2.28. The fraction of sp³-hybridized carbons (Fsp3) is 0.722. The summed E-state index contributed by atoms with van der Waals surface area (Å²) >= 11 is 0. The molecule has 3 rings (SSSR count). The third kappa shape index (κ3) is 4.46. The molecule has 2 aliphatic heterocycles. The van der Waals surface area contributed by atoms with Gasteiger partial charge in [0.2, 0.25) is 5.91 Å². The molecular formula is C18H29N5O2. The smallest absolute Gasteiger partial charge is 0.217 e. The Balaban J connectivity index is 1.87. The maximum absolute atomic E-state index is 11.4. The van der Waals surface area contributed by atoms with Crippen LogP contribution in [0.3, 0.4) is 0 Å². The summed E-state index contributed by atoms with van der Waals surface area (Å²) in [7, 11) is 2.16. The molecule has 1 aromatic rings. The van der Waals surface area contributed by atoms with Gasteiger partial charge >= 0.3 is 0 Å². The maximum atomic E-state index is 11.4. The highest BCUT2D eigenvalue weighted by Crippen LogP contribution is 2.27. The number of amides is 1. The second kappa shape index (κ2) is 8.10.